The van der Waals surface area contributed by atoms with Crippen LogP contribution in [0.2, 0.25) is 5.15 Å². The lowest BCUT2D eigenvalue weighted by Crippen LogP contribution is -1.87. The Morgan fingerprint density at radius 2 is 2.30 bits per heavy atom. The van der Waals surface area contributed by atoms with E-state index in [0.29, 0.717) is 5.15 Å². The highest BCUT2D eigenvalue weighted by Crippen LogP contribution is 2.06. The second kappa shape index (κ2) is 3.57. The average molecular weight is 156 g/mol. The molecule has 0 unspecified atom stereocenters. The summed E-state index contributed by atoms with van der Waals surface area (Å²) in [6.07, 6.45) is 2.13. The van der Waals surface area contributed by atoms with Crippen LogP contribution < -0.4 is 0 Å². The monoisotopic (exact) mass is 155 g/mol. The maximum Gasteiger partial charge on any atom is 0.129 e. The summed E-state index contributed by atoms with van der Waals surface area (Å²) in [6.45, 7) is 2.13. The Bertz CT molecular complexity index is 210. The van der Waals surface area contributed by atoms with Gasteiger partial charge in [-0.25, -0.2) is 4.98 Å². The van der Waals surface area contributed by atoms with Gasteiger partial charge in [0, 0.05) is 5.69 Å². The van der Waals surface area contributed by atoms with E-state index < -0.39 is 0 Å². The molecule has 0 amide bonds. The molecule has 1 rings (SSSR count). The molecular weight excluding hydrogens is 146 g/mol. The molecule has 54 valence electrons. The van der Waals surface area contributed by atoms with Crippen molar-refractivity contribution in [1.82, 2.24) is 4.98 Å². The van der Waals surface area contributed by atoms with Gasteiger partial charge in [-0.3, -0.25) is 0 Å². The van der Waals surface area contributed by atoms with Gasteiger partial charge in [0.15, 0.2) is 0 Å². The van der Waals surface area contributed by atoms with Crippen molar-refractivity contribution < 1.29 is 0 Å². The minimum absolute atomic E-state index is 0.589. The molecule has 0 N–H and O–H groups in total. The quantitative estimate of drug-likeness (QED) is 0.599. The summed E-state index contributed by atoms with van der Waals surface area (Å²) in [5, 5.41) is 0.589. The van der Waals surface area contributed by atoms with Crippen molar-refractivity contribution in [1.29, 1.82) is 0 Å². The number of aryl methyl sites for hydroxylation is 1. The fraction of sp³-hybridized carbons (Fsp3) is 0.375. The van der Waals surface area contributed by atoms with Crippen molar-refractivity contribution in [3.8, 4) is 0 Å². The molecule has 0 atom stereocenters. The van der Waals surface area contributed by atoms with Crippen molar-refractivity contribution in [2.45, 2.75) is 19.8 Å². The summed E-state index contributed by atoms with van der Waals surface area (Å²) < 4.78 is 0. The first-order chi connectivity index (χ1) is 4.83. The molecule has 10 heavy (non-hydrogen) atoms. The summed E-state index contributed by atoms with van der Waals surface area (Å²) in [7, 11) is 0. The third-order valence-corrected chi connectivity index (χ3v) is 1.49. The molecule has 1 aromatic rings. The molecule has 0 aromatic carbocycles. The van der Waals surface area contributed by atoms with Gasteiger partial charge in [-0.1, -0.05) is 31.0 Å². The van der Waals surface area contributed by atoms with Crippen LogP contribution in [0, 0.1) is 0 Å². The Balaban J connectivity index is 2.75. The Labute approximate surface area is 66.0 Å². The molecule has 0 radical (unpaired) electrons. The predicted octanol–water partition coefficient (Wildman–Crippen LogP) is 2.69. The van der Waals surface area contributed by atoms with Crippen molar-refractivity contribution in [2.75, 3.05) is 0 Å². The Morgan fingerprint density at radius 1 is 1.50 bits per heavy atom. The van der Waals surface area contributed by atoms with Crippen LogP contribution in [0.3, 0.4) is 0 Å². The number of hydrogen-bond acceptors (Lipinski definition) is 1. The molecule has 0 aliphatic rings. The number of aromatic nitrogens is 1. The topological polar surface area (TPSA) is 12.9 Å². The number of hydrogen-bond donors (Lipinski definition) is 0. The van der Waals surface area contributed by atoms with Gasteiger partial charge in [-0.05, 0) is 18.6 Å². The molecule has 1 heterocycles. The van der Waals surface area contributed by atoms with Crippen molar-refractivity contribution in [3.05, 3.63) is 29.0 Å². The minimum Gasteiger partial charge on any atom is -0.241 e. The Morgan fingerprint density at radius 3 is 2.90 bits per heavy atom. The molecule has 0 aliphatic heterocycles. The Hall–Kier alpha value is -0.560. The largest absolute Gasteiger partial charge is 0.241 e. The van der Waals surface area contributed by atoms with Gasteiger partial charge in [0.2, 0.25) is 0 Å². The van der Waals surface area contributed by atoms with E-state index >= 15 is 0 Å². The zero-order valence-electron chi connectivity index (χ0n) is 5.97. The smallest absolute Gasteiger partial charge is 0.129 e. The van der Waals surface area contributed by atoms with Gasteiger partial charge in [0.05, 0.1) is 0 Å². The van der Waals surface area contributed by atoms with Crippen LogP contribution in [0.1, 0.15) is 19.0 Å². The molecule has 0 bridgehead atoms. The van der Waals surface area contributed by atoms with E-state index in [9.17, 15) is 0 Å². The highest BCUT2D eigenvalue weighted by Gasteiger charge is 1.91. The number of rotatable bonds is 2. The minimum atomic E-state index is 0.589. The second-order valence-electron chi connectivity index (χ2n) is 2.20. The van der Waals surface area contributed by atoms with Crippen molar-refractivity contribution in [3.63, 3.8) is 0 Å². The summed E-state index contributed by atoms with van der Waals surface area (Å²) in [6, 6.07) is 5.72. The molecule has 0 aliphatic carbocycles. The fourth-order valence-corrected chi connectivity index (χ4v) is 1.03. The van der Waals surface area contributed by atoms with Crippen LogP contribution in [0.5, 0.6) is 0 Å². The Kier molecular flexibility index (Phi) is 2.69. The SMILES string of the molecule is CCCc1cccc(Cl)n1. The van der Waals surface area contributed by atoms with Crippen molar-refractivity contribution in [2.24, 2.45) is 0 Å². The lowest BCUT2D eigenvalue weighted by molar-refractivity contribution is 0.883. The van der Waals surface area contributed by atoms with Gasteiger partial charge in [0.25, 0.3) is 0 Å². The maximum absolute atomic E-state index is 5.67. The van der Waals surface area contributed by atoms with Crippen LogP contribution in [0.25, 0.3) is 0 Å². The molecule has 0 fully saturated rings. The summed E-state index contributed by atoms with van der Waals surface area (Å²) >= 11 is 5.67. The molecule has 0 saturated carbocycles. The first-order valence-electron chi connectivity index (χ1n) is 3.44. The third-order valence-electron chi connectivity index (χ3n) is 1.28. The zero-order valence-corrected chi connectivity index (χ0v) is 6.73. The van der Waals surface area contributed by atoms with Crippen molar-refractivity contribution >= 4 is 11.6 Å². The summed E-state index contributed by atoms with van der Waals surface area (Å²) in [5.74, 6) is 0. The molecule has 1 nitrogen and oxygen atoms in total. The van der Waals surface area contributed by atoms with E-state index in [-0.39, 0.29) is 0 Å². The normalized spacial score (nSPS) is 9.80. The van der Waals surface area contributed by atoms with Crippen LogP contribution in [0.4, 0.5) is 0 Å². The van der Waals surface area contributed by atoms with E-state index in [0.717, 1.165) is 18.5 Å². The van der Waals surface area contributed by atoms with Crippen LogP contribution in [-0.4, -0.2) is 4.98 Å². The number of halogens is 1. The number of nitrogens with zero attached hydrogens (tertiary/aromatic N) is 1. The maximum atomic E-state index is 5.67. The molecule has 2 heteroatoms. The standard InChI is InChI=1S/C8H10ClN/c1-2-4-7-5-3-6-8(9)10-7/h3,5-6H,2,4H2,1H3. The van der Waals surface area contributed by atoms with Crippen LogP contribution in [-0.2, 0) is 6.42 Å². The predicted molar refractivity (Wildman–Crippen MR) is 43.2 cm³/mol. The van der Waals surface area contributed by atoms with E-state index in [4.69, 9.17) is 11.6 Å². The third kappa shape index (κ3) is 1.99. The molecule has 1 aromatic heterocycles. The summed E-state index contributed by atoms with van der Waals surface area (Å²) in [5.41, 5.74) is 1.08. The highest BCUT2D eigenvalue weighted by atomic mass is 35.5. The molecule has 0 spiro atoms. The van der Waals surface area contributed by atoms with Gasteiger partial charge in [-0.2, -0.15) is 0 Å². The average Bonchev–Trinajstić information content (AvgIpc) is 1.88. The van der Waals surface area contributed by atoms with E-state index in [1.807, 2.05) is 12.1 Å². The lowest BCUT2D eigenvalue weighted by Gasteiger charge is -1.95. The first kappa shape index (κ1) is 7.55. The van der Waals surface area contributed by atoms with Gasteiger partial charge >= 0.3 is 0 Å². The van der Waals surface area contributed by atoms with E-state index in [1.54, 1.807) is 6.07 Å². The lowest BCUT2D eigenvalue weighted by atomic mass is 10.2. The zero-order chi connectivity index (χ0) is 7.40. The van der Waals surface area contributed by atoms with E-state index in [1.165, 1.54) is 0 Å². The first-order valence-corrected chi connectivity index (χ1v) is 3.82. The summed E-state index contributed by atoms with van der Waals surface area (Å²) in [4.78, 5) is 4.13. The molecular formula is C8H10ClN. The van der Waals surface area contributed by atoms with Gasteiger partial charge in [-0.15, -0.1) is 0 Å². The van der Waals surface area contributed by atoms with Gasteiger partial charge in [0.1, 0.15) is 5.15 Å². The molecule has 0 saturated heterocycles. The number of pyridine rings is 1. The highest BCUT2D eigenvalue weighted by molar-refractivity contribution is 6.29. The second-order valence-corrected chi connectivity index (χ2v) is 2.59. The van der Waals surface area contributed by atoms with Gasteiger partial charge < -0.3 is 0 Å². The van der Waals surface area contributed by atoms with Crippen LogP contribution in [0.15, 0.2) is 18.2 Å². The van der Waals surface area contributed by atoms with Crippen LogP contribution >= 0.6 is 11.6 Å². The fourth-order valence-electron chi connectivity index (χ4n) is 0.846. The van der Waals surface area contributed by atoms with E-state index in [2.05, 4.69) is 11.9 Å².